The summed E-state index contributed by atoms with van der Waals surface area (Å²) in [6, 6.07) is 29.2. The molecule has 0 radical (unpaired) electrons. The molecule has 1 amide bonds. The molecular formula is C51H54N8O7S. The van der Waals surface area contributed by atoms with Crippen LogP contribution in [0, 0.1) is 15.5 Å². The zero-order valence-electron chi connectivity index (χ0n) is 37.2. The summed E-state index contributed by atoms with van der Waals surface area (Å²) in [5, 5.41) is 15.5. The van der Waals surface area contributed by atoms with Gasteiger partial charge in [-0.1, -0.05) is 54.6 Å². The minimum atomic E-state index is -4.75. The van der Waals surface area contributed by atoms with Crippen LogP contribution in [0.5, 0.6) is 17.4 Å². The Morgan fingerprint density at radius 2 is 1.69 bits per heavy atom. The van der Waals surface area contributed by atoms with E-state index in [2.05, 4.69) is 59.1 Å². The fourth-order valence-corrected chi connectivity index (χ4v) is 12.1. The van der Waals surface area contributed by atoms with E-state index in [0.717, 1.165) is 54.6 Å². The molecule has 3 aromatic heterocycles. The number of hydrogen-bond donors (Lipinski definition) is 3. The lowest BCUT2D eigenvalue weighted by Crippen LogP contribution is -2.45. The van der Waals surface area contributed by atoms with Gasteiger partial charge in [-0.05, 0) is 129 Å². The van der Waals surface area contributed by atoms with Gasteiger partial charge in [-0.25, -0.2) is 9.71 Å². The molecule has 2 aliphatic carbocycles. The first-order valence-electron chi connectivity index (χ1n) is 23.6. The van der Waals surface area contributed by atoms with Gasteiger partial charge in [0, 0.05) is 48.5 Å². The molecule has 6 aromatic rings. The predicted octanol–water partition coefficient (Wildman–Crippen LogP) is 9.44. The third kappa shape index (κ3) is 8.80. The number of piperidine rings is 1. The number of carbonyl (C=O) groups is 1. The van der Waals surface area contributed by atoms with Crippen molar-refractivity contribution in [3.05, 3.63) is 136 Å². The molecule has 0 bridgehead atoms. The minimum Gasteiger partial charge on any atom is -0.474 e. The van der Waals surface area contributed by atoms with Gasteiger partial charge in [-0.15, -0.1) is 0 Å². The molecule has 16 heteroatoms. The number of amides is 1. The number of benzene rings is 3. The highest BCUT2D eigenvalue weighted by Gasteiger charge is 2.43. The molecule has 5 aliphatic rings. The fraction of sp³-hybridized carbons (Fsp3) is 0.392. The Bertz CT molecular complexity index is 2940. The number of ether oxygens (including phenoxy) is 2. The van der Waals surface area contributed by atoms with Crippen molar-refractivity contribution in [2.24, 2.45) is 5.41 Å². The van der Waals surface area contributed by atoms with Crippen molar-refractivity contribution in [3.8, 4) is 17.4 Å². The molecule has 67 heavy (non-hydrogen) atoms. The van der Waals surface area contributed by atoms with Crippen molar-refractivity contribution >= 4 is 44.0 Å². The van der Waals surface area contributed by atoms with E-state index in [1.165, 1.54) is 64.1 Å². The summed E-state index contributed by atoms with van der Waals surface area (Å²) in [5.41, 5.74) is 5.34. The first-order chi connectivity index (χ1) is 32.6. The maximum absolute atomic E-state index is 14.1. The van der Waals surface area contributed by atoms with Crippen molar-refractivity contribution in [1.82, 2.24) is 24.6 Å². The second-order valence-corrected chi connectivity index (χ2v) is 20.7. The van der Waals surface area contributed by atoms with Gasteiger partial charge in [-0.3, -0.25) is 19.8 Å². The smallest absolute Gasteiger partial charge is 0.300 e. The van der Waals surface area contributed by atoms with Crippen LogP contribution < -0.4 is 24.4 Å². The number of nitro groups is 1. The number of anilines is 2. The van der Waals surface area contributed by atoms with Crippen LogP contribution in [-0.4, -0.2) is 77.4 Å². The van der Waals surface area contributed by atoms with E-state index in [-0.39, 0.29) is 35.5 Å². The molecule has 346 valence electrons. The molecule has 4 fully saturated rings. The summed E-state index contributed by atoms with van der Waals surface area (Å²) in [5.74, 6) is 0.00368. The Labute approximate surface area is 389 Å². The second kappa shape index (κ2) is 17.6. The van der Waals surface area contributed by atoms with Crippen molar-refractivity contribution < 1.29 is 27.6 Å². The van der Waals surface area contributed by atoms with Crippen molar-refractivity contribution in [3.63, 3.8) is 0 Å². The number of pyridine rings is 2. The largest absolute Gasteiger partial charge is 0.474 e. The Hall–Kier alpha value is -6.52. The van der Waals surface area contributed by atoms with Gasteiger partial charge in [0.25, 0.3) is 15.9 Å². The summed E-state index contributed by atoms with van der Waals surface area (Å²) < 4.78 is 42.1. The summed E-state index contributed by atoms with van der Waals surface area (Å²) in [7, 11) is -4.75. The molecule has 3 aromatic carbocycles. The lowest BCUT2D eigenvalue weighted by Gasteiger charge is -2.48. The average molecular weight is 923 g/mol. The molecule has 1 spiro atoms. The molecule has 15 nitrogen and oxygen atoms in total. The Morgan fingerprint density at radius 1 is 0.910 bits per heavy atom. The molecule has 1 unspecified atom stereocenters. The highest BCUT2D eigenvalue weighted by Crippen LogP contribution is 2.51. The quantitative estimate of drug-likeness (QED) is 0.0782. The van der Waals surface area contributed by atoms with Crippen molar-refractivity contribution in [1.29, 1.82) is 0 Å². The Balaban J connectivity index is 0.795. The van der Waals surface area contributed by atoms with Gasteiger partial charge in [0.1, 0.15) is 23.8 Å². The molecule has 3 N–H and O–H groups in total. The van der Waals surface area contributed by atoms with Gasteiger partial charge >= 0.3 is 5.69 Å². The van der Waals surface area contributed by atoms with Crippen LogP contribution >= 0.6 is 0 Å². The molecule has 6 heterocycles. The topological polar surface area (TPSA) is 185 Å². The normalized spacial score (nSPS) is 20.8. The maximum atomic E-state index is 14.1. The van der Waals surface area contributed by atoms with Gasteiger partial charge in [-0.2, -0.15) is 13.4 Å². The van der Waals surface area contributed by atoms with E-state index in [1.807, 2.05) is 42.5 Å². The maximum Gasteiger partial charge on any atom is 0.300 e. The first-order valence-corrected chi connectivity index (χ1v) is 25.1. The summed E-state index contributed by atoms with van der Waals surface area (Å²) in [6.45, 7) is 2.96. The number of nitrogens with one attached hydrogen (secondary N) is 3. The SMILES string of the molecule is O=C(NS(=O)(=O)c1cc([N+](=O)[O-])c2c(n1)OCC(Cc1ccccc1)N2)c1ccc(N2CCC3(CCC(N4CCC[C@H]4c4ccccc4C4CC4)CC3)CC2)cc1Oc1cnc2[nH]ccc2c1. The van der Waals surface area contributed by atoms with Crippen LogP contribution in [0.3, 0.4) is 0 Å². The number of rotatable bonds is 12. The van der Waals surface area contributed by atoms with Crippen LogP contribution in [0.1, 0.15) is 103 Å². The zero-order chi connectivity index (χ0) is 45.7. The second-order valence-electron chi connectivity index (χ2n) is 19.1. The molecule has 2 saturated carbocycles. The van der Waals surface area contributed by atoms with E-state index in [4.69, 9.17) is 9.47 Å². The minimum absolute atomic E-state index is 0.0286. The number of aromatic nitrogens is 3. The van der Waals surface area contributed by atoms with E-state index in [0.29, 0.717) is 35.3 Å². The molecule has 2 atom stereocenters. The standard InChI is InChI=1S/C51H54N8O7S/c60-49(56-67(63,64)46-30-44(59(61)62)47-50(55-46)65-32-36(54-47)27-33-7-2-1-3-8-33)42-15-14-38(29-45(42)66-39-28-35-18-23-52-48(35)53-31-39)57-25-21-51(22-26-57)19-16-37(17-20-51)58-24-6-11-43(58)41-10-5-4-9-40(41)34-12-13-34/h1-5,7-10,14-15,18,23,28-31,34,36-37,43,54H,6,11-13,16-17,19-22,24-27,32H2,(H,52,53)(H,56,60)/t36?,43-/m0/s1. The van der Waals surface area contributed by atoms with Gasteiger partial charge in [0.2, 0.25) is 5.88 Å². The lowest BCUT2D eigenvalue weighted by molar-refractivity contribution is -0.384. The zero-order valence-corrected chi connectivity index (χ0v) is 38.0. The monoisotopic (exact) mass is 922 g/mol. The van der Waals surface area contributed by atoms with E-state index in [9.17, 15) is 23.3 Å². The number of sulfonamides is 1. The third-order valence-corrected chi connectivity index (χ3v) is 16.1. The van der Waals surface area contributed by atoms with Crippen LogP contribution in [-0.2, 0) is 16.4 Å². The summed E-state index contributed by atoms with van der Waals surface area (Å²) in [6.07, 6.45) is 16.0. The van der Waals surface area contributed by atoms with E-state index in [1.54, 1.807) is 35.5 Å². The number of nitrogens with zero attached hydrogens (tertiary/aromatic N) is 5. The van der Waals surface area contributed by atoms with E-state index >= 15 is 0 Å². The van der Waals surface area contributed by atoms with Crippen molar-refractivity contribution in [2.45, 2.75) is 99.7 Å². The molecule has 3 aliphatic heterocycles. The van der Waals surface area contributed by atoms with Gasteiger partial charge in [0.05, 0.1) is 28.8 Å². The number of carbonyl (C=O) groups excluding carboxylic acids is 1. The van der Waals surface area contributed by atoms with Crippen LogP contribution in [0.4, 0.5) is 17.1 Å². The molecular weight excluding hydrogens is 869 g/mol. The Kier molecular flexibility index (Phi) is 11.3. The highest BCUT2D eigenvalue weighted by atomic mass is 32.2. The summed E-state index contributed by atoms with van der Waals surface area (Å²) >= 11 is 0. The van der Waals surface area contributed by atoms with Crippen LogP contribution in [0.2, 0.25) is 0 Å². The number of likely N-dealkylation sites (tertiary alicyclic amines) is 1. The molecule has 2 saturated heterocycles. The first kappa shape index (κ1) is 43.1. The average Bonchev–Trinajstić information content (AvgIpc) is 3.88. The van der Waals surface area contributed by atoms with E-state index < -0.39 is 31.6 Å². The highest BCUT2D eigenvalue weighted by molar-refractivity contribution is 7.90. The number of fused-ring (bicyclic) bond motifs is 2. The van der Waals surface area contributed by atoms with Gasteiger partial charge in [0.15, 0.2) is 10.7 Å². The fourth-order valence-electron chi connectivity index (χ4n) is 11.2. The third-order valence-electron chi connectivity index (χ3n) is 14.9. The van der Waals surface area contributed by atoms with Gasteiger partial charge < -0.3 is 24.7 Å². The van der Waals surface area contributed by atoms with Crippen LogP contribution in [0.15, 0.2) is 108 Å². The number of H-pyrrole nitrogens is 1. The predicted molar refractivity (Wildman–Crippen MR) is 254 cm³/mol. The summed E-state index contributed by atoms with van der Waals surface area (Å²) in [4.78, 5) is 42.5. The number of aromatic amines is 1. The number of hydrogen-bond acceptors (Lipinski definition) is 12. The van der Waals surface area contributed by atoms with Crippen LogP contribution in [0.25, 0.3) is 11.0 Å². The van der Waals surface area contributed by atoms with Crippen molar-refractivity contribution in [2.75, 3.05) is 36.5 Å². The lowest BCUT2D eigenvalue weighted by atomic mass is 9.66. The Morgan fingerprint density at radius 3 is 2.46 bits per heavy atom. The molecule has 11 rings (SSSR count).